The van der Waals surface area contributed by atoms with Gasteiger partial charge in [0.15, 0.2) is 5.78 Å². The van der Waals surface area contributed by atoms with Gasteiger partial charge in [0.25, 0.3) is 5.56 Å². The van der Waals surface area contributed by atoms with E-state index in [2.05, 4.69) is 40.0 Å². The van der Waals surface area contributed by atoms with Crippen LogP contribution < -0.4 is 22.3 Å². The van der Waals surface area contributed by atoms with Crippen molar-refractivity contribution < 1.29 is 38.7 Å². The quantitative estimate of drug-likeness (QED) is 0.0370. The third-order valence-corrected chi connectivity index (χ3v) is 17.0. The van der Waals surface area contributed by atoms with E-state index in [1.807, 2.05) is 24.7 Å². The van der Waals surface area contributed by atoms with E-state index in [0.717, 1.165) is 36.3 Å². The summed E-state index contributed by atoms with van der Waals surface area (Å²) in [5.74, 6) is 5.12. The first kappa shape index (κ1) is 79.4. The molecule has 4 aliphatic carbocycles. The highest BCUT2D eigenvalue weighted by Gasteiger charge is 2.67. The molecule has 4 aromatic rings. The molecule has 3 saturated carbocycles. The van der Waals surface area contributed by atoms with Crippen molar-refractivity contribution in [3.05, 3.63) is 106 Å². The number of anilines is 1. The molecule has 4 bridgehead atoms. The SMILES string of the molecule is C.C.C.C.C.CC1(C)[C@@H]2CC[C@@]1(C)C(=O)C2C(=O)Cl.CN(N)C(=O)OC(C)(C)C.CN(Nc1ccc(Cl)cc1Cl)C(=O)OC(C)(C)C.Cn1c2c(c(=O)n1-c1ccc(Cl)cc1Cl)[C@H]1CC[C@]2(C)C1(C)C.OB(O)c1ccc(Cl)cc1Cl. The van der Waals surface area contributed by atoms with Crippen LogP contribution in [-0.2, 0) is 31.5 Å². The molecule has 8 rings (SSSR count). The van der Waals surface area contributed by atoms with Gasteiger partial charge in [-0.15, -0.1) is 0 Å². The van der Waals surface area contributed by atoms with Gasteiger partial charge in [0.1, 0.15) is 11.2 Å². The lowest BCUT2D eigenvalue weighted by Gasteiger charge is -2.36. The fourth-order valence-electron chi connectivity index (χ4n) is 10.5. The molecular formula is C58H90BCl7N6O9. The zero-order valence-corrected chi connectivity index (χ0v) is 50.9. The smallest absolute Gasteiger partial charge is 0.443 e. The molecule has 0 saturated heterocycles. The van der Waals surface area contributed by atoms with Crippen molar-refractivity contribution in [2.75, 3.05) is 19.5 Å². The van der Waals surface area contributed by atoms with Crippen LogP contribution in [0.1, 0.15) is 163 Å². The van der Waals surface area contributed by atoms with Crippen LogP contribution in [0.25, 0.3) is 5.69 Å². The number of nitrogens with two attached hydrogens (primary N) is 1. The summed E-state index contributed by atoms with van der Waals surface area (Å²) in [7, 11) is 3.42. The van der Waals surface area contributed by atoms with E-state index >= 15 is 0 Å². The Labute approximate surface area is 518 Å². The largest absolute Gasteiger partial charge is 0.489 e. The van der Waals surface area contributed by atoms with Crippen molar-refractivity contribution in [1.82, 2.24) is 19.4 Å². The number of nitrogens with zero attached hydrogens (tertiary/aromatic N) is 4. The lowest BCUT2D eigenvalue weighted by Crippen LogP contribution is -2.38. The lowest BCUT2D eigenvalue weighted by atomic mass is 9.70. The minimum Gasteiger partial charge on any atom is -0.443 e. The number of benzene rings is 3. The summed E-state index contributed by atoms with van der Waals surface area (Å²) in [4.78, 5) is 58.9. The minimum atomic E-state index is -1.54. The average Bonchev–Trinajstić information content (AvgIpc) is 3.87. The Bertz CT molecular complexity index is 2880. The van der Waals surface area contributed by atoms with E-state index in [1.165, 1.54) is 29.9 Å². The summed E-state index contributed by atoms with van der Waals surface area (Å²) in [6.45, 7) is 23.8. The average molecular weight is 1270 g/mol. The van der Waals surface area contributed by atoms with Crippen molar-refractivity contribution in [2.45, 2.75) is 168 Å². The Kier molecular flexibility index (Phi) is 29.3. The molecule has 3 fully saturated rings. The Morgan fingerprint density at radius 1 is 0.691 bits per heavy atom. The number of carbonyl (C=O) groups excluding carboxylic acids is 4. The number of nitrogens with one attached hydrogen (secondary N) is 1. The number of hydrogen-bond donors (Lipinski definition) is 4. The molecule has 81 heavy (non-hydrogen) atoms. The molecule has 0 aliphatic heterocycles. The van der Waals surface area contributed by atoms with Gasteiger partial charge in [0.2, 0.25) is 5.24 Å². The van der Waals surface area contributed by atoms with Crippen LogP contribution >= 0.6 is 81.2 Å². The predicted molar refractivity (Wildman–Crippen MR) is 340 cm³/mol. The van der Waals surface area contributed by atoms with E-state index in [1.54, 1.807) is 89.7 Å². The van der Waals surface area contributed by atoms with Crippen LogP contribution in [-0.4, -0.2) is 85.1 Å². The van der Waals surface area contributed by atoms with Crippen LogP contribution in [0.3, 0.4) is 0 Å². The number of hydrazine groups is 2. The Balaban J connectivity index is 0. The van der Waals surface area contributed by atoms with Crippen LogP contribution in [0.4, 0.5) is 15.3 Å². The normalized spacial score (nSPS) is 20.6. The molecule has 15 nitrogen and oxygen atoms in total. The molecule has 1 aromatic heterocycles. The van der Waals surface area contributed by atoms with Gasteiger partial charge in [-0.3, -0.25) is 24.5 Å². The van der Waals surface area contributed by atoms with Gasteiger partial charge in [0.05, 0.1) is 33.0 Å². The number of Topliss-reactive ketones (excluding diaryl/α,β-unsaturated/α-hetero) is 1. The summed E-state index contributed by atoms with van der Waals surface area (Å²) in [5, 5.41) is 21.9. The Morgan fingerprint density at radius 2 is 1.15 bits per heavy atom. The van der Waals surface area contributed by atoms with Crippen LogP contribution in [0.5, 0.6) is 0 Å². The van der Waals surface area contributed by atoms with Crippen molar-refractivity contribution in [2.24, 2.45) is 41.0 Å². The van der Waals surface area contributed by atoms with Gasteiger partial charge in [-0.2, -0.15) is 0 Å². The fourth-order valence-corrected chi connectivity index (χ4v) is 12.2. The van der Waals surface area contributed by atoms with Gasteiger partial charge < -0.3 is 19.5 Å². The number of amides is 2. The summed E-state index contributed by atoms with van der Waals surface area (Å²) in [5.41, 5.74) is 5.33. The summed E-state index contributed by atoms with van der Waals surface area (Å²) in [6, 6.07) is 14.7. The highest BCUT2D eigenvalue weighted by atomic mass is 35.5. The van der Waals surface area contributed by atoms with E-state index in [0.29, 0.717) is 42.4 Å². The highest BCUT2D eigenvalue weighted by Crippen LogP contribution is 2.67. The van der Waals surface area contributed by atoms with Crippen molar-refractivity contribution in [3.8, 4) is 5.69 Å². The number of halogens is 7. The van der Waals surface area contributed by atoms with Gasteiger partial charge in [-0.25, -0.2) is 30.1 Å². The number of hydrogen-bond acceptors (Lipinski definition) is 11. The summed E-state index contributed by atoms with van der Waals surface area (Å²) >= 11 is 40.8. The first-order valence-electron chi connectivity index (χ1n) is 24.4. The second-order valence-electron chi connectivity index (χ2n) is 22.9. The van der Waals surface area contributed by atoms with E-state index in [-0.39, 0.29) is 86.5 Å². The highest BCUT2D eigenvalue weighted by molar-refractivity contribution is 6.66. The van der Waals surface area contributed by atoms with E-state index < -0.39 is 41.7 Å². The summed E-state index contributed by atoms with van der Waals surface area (Å²) in [6.07, 6.45) is 3.07. The topological polar surface area (TPSA) is 199 Å². The maximum atomic E-state index is 13.2. The zero-order chi connectivity index (χ0) is 58.2. The molecule has 458 valence electrons. The van der Waals surface area contributed by atoms with E-state index in [9.17, 15) is 24.0 Å². The maximum Gasteiger partial charge on any atom is 0.489 e. The van der Waals surface area contributed by atoms with Gasteiger partial charge in [0, 0.05) is 63.1 Å². The van der Waals surface area contributed by atoms with Crippen molar-refractivity contribution >= 4 is 123 Å². The lowest BCUT2D eigenvalue weighted by molar-refractivity contribution is -0.135. The van der Waals surface area contributed by atoms with Crippen LogP contribution in [0.2, 0.25) is 30.1 Å². The fraction of sp³-hybridized carbons (Fsp3) is 0.569. The molecule has 2 amide bonds. The predicted octanol–water partition coefficient (Wildman–Crippen LogP) is 15.8. The molecule has 1 heterocycles. The first-order valence-corrected chi connectivity index (χ1v) is 27.0. The second kappa shape index (κ2) is 29.9. The van der Waals surface area contributed by atoms with Gasteiger partial charge >= 0.3 is 19.3 Å². The molecular weight excluding hydrogens is 1180 g/mol. The zero-order valence-electron chi connectivity index (χ0n) is 45.6. The maximum absolute atomic E-state index is 13.2. The monoisotopic (exact) mass is 1270 g/mol. The van der Waals surface area contributed by atoms with Crippen LogP contribution in [0.15, 0.2) is 59.4 Å². The summed E-state index contributed by atoms with van der Waals surface area (Å²) < 4.78 is 13.8. The van der Waals surface area contributed by atoms with Gasteiger partial charge in [-0.1, -0.05) is 154 Å². The third kappa shape index (κ3) is 17.5. The molecule has 23 heteroatoms. The molecule has 5 atom stereocenters. The number of rotatable bonds is 5. The molecule has 0 spiro atoms. The molecule has 5 N–H and O–H groups in total. The minimum absolute atomic E-state index is 0. The number of ether oxygens (including phenoxy) is 2. The van der Waals surface area contributed by atoms with Crippen molar-refractivity contribution in [1.29, 1.82) is 0 Å². The molecule has 0 radical (unpaired) electrons. The van der Waals surface area contributed by atoms with E-state index in [4.69, 9.17) is 107 Å². The number of ketones is 1. The molecule has 3 aromatic carbocycles. The standard InChI is InChI=1S/C18H20Cl2N2O.C12H16Cl2N2O2.C11H15ClO2.C6H5BCl2O2.C6H14N2O2.5CH4/c1-17(2)11-7-8-18(17,3)15-14(11)16(23)22(21(15)4)13-6-5-10(19)9-12(13)20;1-12(2,3)18-11(17)16(4)15-10-6-5-8(13)7-9(10)14;1-10(2)6-4-5-11(10,3)8(13)7(6)9(12)14;8-4-1-2-5(7(10)11)6(9)3-4;1-6(2,3)10-5(9)8(4)7;;;;;/h5-6,9,11H,7-8H2,1-4H3;5-7,15H,1-4H3;6-7H,4-5H2,1-3H3;1-3,10-11H;7H2,1-4H3;5*1H4/t11-,18+;;6-,7?,11+;;;;;;;/m1.1......./s1. The number of carbonyl (C=O) groups is 4. The third-order valence-electron chi connectivity index (χ3n) is 15.1. The Hall–Kier alpha value is -3.68. The number of aromatic nitrogens is 2. The number of fused-ring (bicyclic) bond motifs is 7. The van der Waals surface area contributed by atoms with Gasteiger partial charge in [-0.05, 0) is 150 Å². The molecule has 1 unspecified atom stereocenters. The first-order chi connectivity index (χ1) is 34.6. The van der Waals surface area contributed by atoms with Crippen molar-refractivity contribution in [3.63, 3.8) is 0 Å². The Morgan fingerprint density at radius 3 is 1.53 bits per heavy atom. The van der Waals surface area contributed by atoms with Crippen LogP contribution in [0, 0.1) is 28.1 Å². The molecule has 4 aliphatic rings. The second-order valence-corrected chi connectivity index (χ2v) is 25.8.